The fourth-order valence-electron chi connectivity index (χ4n) is 2.38. The number of rotatable bonds is 4. The molecule has 14 heavy (non-hydrogen) atoms. The fourth-order valence-corrected chi connectivity index (χ4v) is 3.02. The van der Waals surface area contributed by atoms with E-state index in [-0.39, 0.29) is 5.60 Å². The SMILES string of the molecule is CCC(C)OC1(CBr)CCCC(C)C1. The maximum absolute atomic E-state index is 6.20. The van der Waals surface area contributed by atoms with Gasteiger partial charge in [-0.25, -0.2) is 0 Å². The molecule has 1 rings (SSSR count). The van der Waals surface area contributed by atoms with Crippen molar-refractivity contribution in [1.29, 1.82) is 0 Å². The van der Waals surface area contributed by atoms with E-state index < -0.39 is 0 Å². The Morgan fingerprint density at radius 1 is 1.57 bits per heavy atom. The molecule has 0 spiro atoms. The van der Waals surface area contributed by atoms with Crippen molar-refractivity contribution in [2.75, 3.05) is 5.33 Å². The van der Waals surface area contributed by atoms with Crippen LogP contribution in [0.5, 0.6) is 0 Å². The zero-order valence-electron chi connectivity index (χ0n) is 9.68. The van der Waals surface area contributed by atoms with Crippen LogP contribution in [0.1, 0.15) is 52.9 Å². The number of hydrogen-bond acceptors (Lipinski definition) is 1. The van der Waals surface area contributed by atoms with Gasteiger partial charge in [0.05, 0.1) is 11.7 Å². The van der Waals surface area contributed by atoms with Crippen LogP contribution >= 0.6 is 15.9 Å². The van der Waals surface area contributed by atoms with Gasteiger partial charge in [0, 0.05) is 5.33 Å². The van der Waals surface area contributed by atoms with Gasteiger partial charge in [0.15, 0.2) is 0 Å². The van der Waals surface area contributed by atoms with E-state index in [9.17, 15) is 0 Å². The number of hydrogen-bond donors (Lipinski definition) is 0. The van der Waals surface area contributed by atoms with E-state index in [1.807, 2.05) is 0 Å². The molecule has 0 aromatic heterocycles. The van der Waals surface area contributed by atoms with Gasteiger partial charge in [0.2, 0.25) is 0 Å². The molecular formula is C12H23BrO. The lowest BCUT2D eigenvalue weighted by molar-refractivity contribution is -0.101. The maximum atomic E-state index is 6.20. The van der Waals surface area contributed by atoms with Crippen LogP contribution in [-0.4, -0.2) is 17.0 Å². The van der Waals surface area contributed by atoms with Gasteiger partial charge in [0.25, 0.3) is 0 Å². The molecule has 1 nitrogen and oxygen atoms in total. The smallest absolute Gasteiger partial charge is 0.0785 e. The third-order valence-electron chi connectivity index (χ3n) is 3.32. The molecule has 84 valence electrons. The second kappa shape index (κ2) is 5.50. The minimum absolute atomic E-state index is 0.132. The highest BCUT2D eigenvalue weighted by molar-refractivity contribution is 9.09. The summed E-state index contributed by atoms with van der Waals surface area (Å²) in [6, 6.07) is 0. The Labute approximate surface area is 96.7 Å². The highest BCUT2D eigenvalue weighted by atomic mass is 79.9. The van der Waals surface area contributed by atoms with Crippen LogP contribution in [-0.2, 0) is 4.74 Å². The molecule has 0 aliphatic heterocycles. The highest BCUT2D eigenvalue weighted by Crippen LogP contribution is 2.37. The van der Waals surface area contributed by atoms with E-state index in [4.69, 9.17) is 4.74 Å². The molecule has 1 fully saturated rings. The molecule has 1 aliphatic rings. The third kappa shape index (κ3) is 3.23. The van der Waals surface area contributed by atoms with Gasteiger partial charge in [-0.15, -0.1) is 0 Å². The van der Waals surface area contributed by atoms with E-state index >= 15 is 0 Å². The topological polar surface area (TPSA) is 9.23 Å². The number of alkyl halides is 1. The van der Waals surface area contributed by atoms with Crippen LogP contribution in [0.15, 0.2) is 0 Å². The zero-order chi connectivity index (χ0) is 10.6. The van der Waals surface area contributed by atoms with Crippen LogP contribution < -0.4 is 0 Å². The predicted octanol–water partition coefficient (Wildman–Crippen LogP) is 4.15. The Morgan fingerprint density at radius 2 is 2.29 bits per heavy atom. The van der Waals surface area contributed by atoms with Crippen molar-refractivity contribution in [2.24, 2.45) is 5.92 Å². The molecule has 0 N–H and O–H groups in total. The van der Waals surface area contributed by atoms with Crippen LogP contribution in [0.2, 0.25) is 0 Å². The molecule has 3 unspecified atom stereocenters. The van der Waals surface area contributed by atoms with Crippen LogP contribution in [0.3, 0.4) is 0 Å². The Morgan fingerprint density at radius 3 is 2.79 bits per heavy atom. The zero-order valence-corrected chi connectivity index (χ0v) is 11.3. The first kappa shape index (κ1) is 12.5. The molecule has 0 aromatic carbocycles. The second-order valence-electron chi connectivity index (χ2n) is 4.85. The highest BCUT2D eigenvalue weighted by Gasteiger charge is 2.35. The average Bonchev–Trinajstić information content (AvgIpc) is 2.17. The summed E-state index contributed by atoms with van der Waals surface area (Å²) in [4.78, 5) is 0. The standard InChI is InChI=1S/C12H23BrO/c1-4-11(3)14-12(9-13)7-5-6-10(2)8-12/h10-11H,4-9H2,1-3H3. The van der Waals surface area contributed by atoms with Crippen molar-refractivity contribution in [3.63, 3.8) is 0 Å². The van der Waals surface area contributed by atoms with E-state index in [1.165, 1.54) is 25.7 Å². The summed E-state index contributed by atoms with van der Waals surface area (Å²) in [7, 11) is 0. The van der Waals surface area contributed by atoms with E-state index in [2.05, 4.69) is 36.7 Å². The van der Waals surface area contributed by atoms with Gasteiger partial charge in [-0.05, 0) is 32.1 Å². The van der Waals surface area contributed by atoms with Crippen molar-refractivity contribution in [1.82, 2.24) is 0 Å². The molecule has 3 atom stereocenters. The van der Waals surface area contributed by atoms with Gasteiger partial charge in [-0.3, -0.25) is 0 Å². The van der Waals surface area contributed by atoms with Gasteiger partial charge in [-0.2, -0.15) is 0 Å². The number of halogens is 1. The molecule has 0 radical (unpaired) electrons. The summed E-state index contributed by atoms with van der Waals surface area (Å²) >= 11 is 3.63. The molecule has 0 heterocycles. The van der Waals surface area contributed by atoms with Crippen molar-refractivity contribution in [2.45, 2.75) is 64.6 Å². The van der Waals surface area contributed by atoms with E-state index in [0.717, 1.165) is 17.7 Å². The van der Waals surface area contributed by atoms with Crippen molar-refractivity contribution in [3.8, 4) is 0 Å². The first-order valence-corrected chi connectivity index (χ1v) is 6.98. The maximum Gasteiger partial charge on any atom is 0.0785 e. The summed E-state index contributed by atoms with van der Waals surface area (Å²) < 4.78 is 6.20. The molecule has 1 saturated carbocycles. The largest absolute Gasteiger partial charge is 0.371 e. The van der Waals surface area contributed by atoms with E-state index in [0.29, 0.717) is 6.10 Å². The van der Waals surface area contributed by atoms with Crippen LogP contribution in [0.4, 0.5) is 0 Å². The second-order valence-corrected chi connectivity index (χ2v) is 5.42. The molecule has 0 saturated heterocycles. The lowest BCUT2D eigenvalue weighted by Gasteiger charge is -2.40. The van der Waals surface area contributed by atoms with Crippen molar-refractivity contribution in [3.05, 3.63) is 0 Å². The summed E-state index contributed by atoms with van der Waals surface area (Å²) in [5, 5.41) is 0.995. The monoisotopic (exact) mass is 262 g/mol. The van der Waals surface area contributed by atoms with Gasteiger partial charge < -0.3 is 4.74 Å². The molecule has 2 heteroatoms. The van der Waals surface area contributed by atoms with Crippen molar-refractivity contribution >= 4 is 15.9 Å². The lowest BCUT2D eigenvalue weighted by atomic mass is 9.80. The molecule has 0 bridgehead atoms. The minimum atomic E-state index is 0.132. The average molecular weight is 263 g/mol. The Hall–Kier alpha value is 0.440. The fraction of sp³-hybridized carbons (Fsp3) is 1.00. The first-order chi connectivity index (χ1) is 6.62. The van der Waals surface area contributed by atoms with Gasteiger partial charge >= 0.3 is 0 Å². The van der Waals surface area contributed by atoms with Crippen LogP contribution in [0, 0.1) is 5.92 Å². The summed E-state index contributed by atoms with van der Waals surface area (Å²) in [5.74, 6) is 0.824. The summed E-state index contributed by atoms with van der Waals surface area (Å²) in [6.07, 6.45) is 6.67. The van der Waals surface area contributed by atoms with E-state index in [1.54, 1.807) is 0 Å². The summed E-state index contributed by atoms with van der Waals surface area (Å²) in [6.45, 7) is 6.72. The van der Waals surface area contributed by atoms with Gasteiger partial charge in [0.1, 0.15) is 0 Å². The molecule has 0 amide bonds. The number of ether oxygens (including phenoxy) is 1. The van der Waals surface area contributed by atoms with Gasteiger partial charge in [-0.1, -0.05) is 42.6 Å². The Balaban J connectivity index is 2.55. The molecule has 1 aliphatic carbocycles. The Kier molecular flexibility index (Phi) is 4.92. The molecular weight excluding hydrogens is 240 g/mol. The summed E-state index contributed by atoms with van der Waals surface area (Å²) in [5.41, 5.74) is 0.132. The quantitative estimate of drug-likeness (QED) is 0.692. The predicted molar refractivity (Wildman–Crippen MR) is 65.0 cm³/mol. The normalized spacial score (nSPS) is 35.6. The lowest BCUT2D eigenvalue weighted by Crippen LogP contribution is -2.41. The minimum Gasteiger partial charge on any atom is -0.371 e. The first-order valence-electron chi connectivity index (χ1n) is 5.85. The third-order valence-corrected chi connectivity index (χ3v) is 4.34. The van der Waals surface area contributed by atoms with Crippen molar-refractivity contribution < 1.29 is 4.74 Å². The Bertz CT molecular complexity index is 172. The van der Waals surface area contributed by atoms with Crippen LogP contribution in [0.25, 0.3) is 0 Å². The molecule has 0 aromatic rings.